The minimum atomic E-state index is -0.809. The summed E-state index contributed by atoms with van der Waals surface area (Å²) in [4.78, 5) is 0. The van der Waals surface area contributed by atoms with Crippen molar-refractivity contribution in [2.45, 2.75) is 12.7 Å². The molecule has 0 fully saturated rings. The molecule has 0 bridgehead atoms. The summed E-state index contributed by atoms with van der Waals surface area (Å²) in [5.74, 6) is 0.778. The molecule has 5 heteroatoms. The third-order valence-corrected chi connectivity index (χ3v) is 4.33. The summed E-state index contributed by atoms with van der Waals surface area (Å²) in [6.07, 6.45) is -0.809. The van der Waals surface area contributed by atoms with Gasteiger partial charge in [0.1, 0.15) is 12.7 Å². The first-order valence-electron chi connectivity index (χ1n) is 8.66. The maximum Gasteiger partial charge on any atom is 0.184 e. The molecule has 5 nitrogen and oxygen atoms in total. The van der Waals surface area contributed by atoms with Gasteiger partial charge in [-0.3, -0.25) is 0 Å². The first-order valence-corrected chi connectivity index (χ1v) is 8.66. The van der Waals surface area contributed by atoms with Crippen LogP contribution in [0.1, 0.15) is 17.2 Å². The lowest BCUT2D eigenvalue weighted by Gasteiger charge is -2.17. The third kappa shape index (κ3) is 4.39. The van der Waals surface area contributed by atoms with Crippen LogP contribution in [0, 0.1) is 0 Å². The number of nitrogen functional groups attached to an aromatic ring is 1. The van der Waals surface area contributed by atoms with Crippen molar-refractivity contribution in [2.75, 3.05) is 19.5 Å². The molecule has 0 saturated heterocycles. The van der Waals surface area contributed by atoms with Gasteiger partial charge in [-0.1, -0.05) is 54.6 Å². The van der Waals surface area contributed by atoms with Crippen molar-refractivity contribution in [1.29, 1.82) is 0 Å². The van der Waals surface area contributed by atoms with E-state index >= 15 is 0 Å². The molecule has 0 radical (unpaired) electrons. The van der Waals surface area contributed by atoms with Gasteiger partial charge in [0.05, 0.1) is 19.4 Å². The number of hydrogen-bond acceptors (Lipinski definition) is 5. The Morgan fingerprint density at radius 2 is 1.63 bits per heavy atom. The van der Waals surface area contributed by atoms with Crippen LogP contribution in [0.3, 0.4) is 0 Å². The zero-order valence-corrected chi connectivity index (χ0v) is 15.1. The Bertz CT molecular complexity index is 879. The summed E-state index contributed by atoms with van der Waals surface area (Å²) < 4.78 is 11.0. The van der Waals surface area contributed by atoms with Crippen molar-refractivity contribution in [3.8, 4) is 22.6 Å². The number of nitrogens with two attached hydrogens (primary N) is 1. The summed E-state index contributed by atoms with van der Waals surface area (Å²) in [7, 11) is 1.50. The van der Waals surface area contributed by atoms with E-state index in [1.165, 1.54) is 7.11 Å². The average Bonchev–Trinajstić information content (AvgIpc) is 2.72. The predicted octanol–water partition coefficient (Wildman–Crippen LogP) is 3.55. The van der Waals surface area contributed by atoms with Crippen molar-refractivity contribution in [3.05, 3.63) is 77.9 Å². The van der Waals surface area contributed by atoms with Crippen LogP contribution < -0.4 is 15.2 Å². The second kappa shape index (κ2) is 8.58. The lowest BCUT2D eigenvalue weighted by Crippen LogP contribution is -2.11. The van der Waals surface area contributed by atoms with Gasteiger partial charge in [0.25, 0.3) is 0 Å². The monoisotopic (exact) mass is 365 g/mol. The largest absolute Gasteiger partial charge is 0.493 e. The van der Waals surface area contributed by atoms with E-state index in [4.69, 9.17) is 15.2 Å². The van der Waals surface area contributed by atoms with Gasteiger partial charge in [-0.25, -0.2) is 0 Å². The number of ether oxygens (including phenoxy) is 2. The summed E-state index contributed by atoms with van der Waals surface area (Å²) in [5.41, 5.74) is 9.92. The molecule has 4 N–H and O–H groups in total. The molecule has 0 heterocycles. The Labute approximate surface area is 158 Å². The van der Waals surface area contributed by atoms with E-state index in [1.54, 1.807) is 12.1 Å². The van der Waals surface area contributed by atoms with E-state index in [0.717, 1.165) is 16.7 Å². The van der Waals surface area contributed by atoms with Crippen molar-refractivity contribution >= 4 is 5.69 Å². The first kappa shape index (κ1) is 18.8. The van der Waals surface area contributed by atoms with Crippen LogP contribution in [-0.2, 0) is 6.61 Å². The standard InChI is InChI=1S/C22H23NO4/c1-26-21-12-15(13-24)11-19(23)22(21)27-14-20(25)18-9-7-17(8-10-18)16-5-3-2-4-6-16/h2-12,20,24-25H,13-14,23H2,1H3. The second-order valence-corrected chi connectivity index (χ2v) is 6.19. The Morgan fingerprint density at radius 3 is 2.26 bits per heavy atom. The number of hydrogen-bond donors (Lipinski definition) is 3. The van der Waals surface area contributed by atoms with Crippen molar-refractivity contribution in [2.24, 2.45) is 0 Å². The van der Waals surface area contributed by atoms with Crippen LogP contribution in [0.4, 0.5) is 5.69 Å². The normalized spacial score (nSPS) is 11.8. The number of aliphatic hydroxyl groups is 2. The van der Waals surface area contributed by atoms with Crippen molar-refractivity contribution in [1.82, 2.24) is 0 Å². The number of methoxy groups -OCH3 is 1. The fraction of sp³-hybridized carbons (Fsp3) is 0.182. The highest BCUT2D eigenvalue weighted by molar-refractivity contribution is 5.64. The molecule has 3 rings (SSSR count). The van der Waals surface area contributed by atoms with Crippen LogP contribution in [-0.4, -0.2) is 23.9 Å². The van der Waals surface area contributed by atoms with Gasteiger partial charge in [0.15, 0.2) is 11.5 Å². The van der Waals surface area contributed by atoms with Gasteiger partial charge >= 0.3 is 0 Å². The van der Waals surface area contributed by atoms with E-state index in [-0.39, 0.29) is 13.2 Å². The predicted molar refractivity (Wildman–Crippen MR) is 106 cm³/mol. The molecule has 140 valence electrons. The minimum absolute atomic E-state index is 0.0315. The molecule has 1 atom stereocenters. The summed E-state index contributed by atoms with van der Waals surface area (Å²) in [6, 6.07) is 21.0. The highest BCUT2D eigenvalue weighted by Gasteiger charge is 2.15. The molecule has 1 unspecified atom stereocenters. The maximum atomic E-state index is 10.5. The smallest absolute Gasteiger partial charge is 0.184 e. The third-order valence-electron chi connectivity index (χ3n) is 4.33. The van der Waals surface area contributed by atoms with Gasteiger partial charge in [-0.05, 0) is 34.4 Å². The molecule has 0 aliphatic heterocycles. The van der Waals surface area contributed by atoms with Gasteiger partial charge < -0.3 is 25.4 Å². The Balaban J connectivity index is 1.70. The molecule has 0 aromatic heterocycles. The van der Waals surface area contributed by atoms with E-state index in [1.807, 2.05) is 54.6 Å². The molecule has 0 spiro atoms. The van der Waals surface area contributed by atoms with Crippen LogP contribution in [0.15, 0.2) is 66.7 Å². The summed E-state index contributed by atoms with van der Waals surface area (Å²) >= 11 is 0. The number of anilines is 1. The number of benzene rings is 3. The molecule has 3 aromatic rings. The average molecular weight is 365 g/mol. The lowest BCUT2D eigenvalue weighted by molar-refractivity contribution is 0.107. The fourth-order valence-corrected chi connectivity index (χ4v) is 2.87. The number of rotatable bonds is 7. The minimum Gasteiger partial charge on any atom is -0.493 e. The van der Waals surface area contributed by atoms with Crippen molar-refractivity contribution in [3.63, 3.8) is 0 Å². The molecule has 3 aromatic carbocycles. The SMILES string of the molecule is COc1cc(CO)cc(N)c1OCC(O)c1ccc(-c2ccccc2)cc1. The van der Waals surface area contributed by atoms with Gasteiger partial charge in [-0.15, -0.1) is 0 Å². The lowest BCUT2D eigenvalue weighted by atomic mass is 10.0. The number of aliphatic hydroxyl groups excluding tert-OH is 2. The van der Waals surface area contributed by atoms with E-state index < -0.39 is 6.10 Å². The van der Waals surface area contributed by atoms with Gasteiger partial charge in [0, 0.05) is 0 Å². The van der Waals surface area contributed by atoms with Crippen molar-refractivity contribution < 1.29 is 19.7 Å². The highest BCUT2D eigenvalue weighted by Crippen LogP contribution is 2.35. The summed E-state index contributed by atoms with van der Waals surface area (Å²) in [6.45, 7) is -0.110. The fourth-order valence-electron chi connectivity index (χ4n) is 2.87. The molecule has 0 aliphatic carbocycles. The van der Waals surface area contributed by atoms with Crippen LogP contribution in [0.25, 0.3) is 11.1 Å². The quantitative estimate of drug-likeness (QED) is 0.558. The Morgan fingerprint density at radius 1 is 0.963 bits per heavy atom. The molecule has 0 aliphatic rings. The molecule has 27 heavy (non-hydrogen) atoms. The topological polar surface area (TPSA) is 84.9 Å². The van der Waals surface area contributed by atoms with Crippen LogP contribution in [0.5, 0.6) is 11.5 Å². The van der Waals surface area contributed by atoms with E-state index in [2.05, 4.69) is 0 Å². The first-order chi connectivity index (χ1) is 13.1. The van der Waals surface area contributed by atoms with E-state index in [9.17, 15) is 10.2 Å². The zero-order chi connectivity index (χ0) is 19.2. The van der Waals surface area contributed by atoms with Gasteiger partial charge in [0.2, 0.25) is 0 Å². The second-order valence-electron chi connectivity index (χ2n) is 6.19. The molecule has 0 saturated carbocycles. The molecule has 0 amide bonds. The molecular weight excluding hydrogens is 342 g/mol. The maximum absolute atomic E-state index is 10.5. The molecular formula is C22H23NO4. The Hall–Kier alpha value is -3.02. The highest BCUT2D eigenvalue weighted by atomic mass is 16.5. The van der Waals surface area contributed by atoms with Gasteiger partial charge in [-0.2, -0.15) is 0 Å². The van der Waals surface area contributed by atoms with Crippen LogP contribution >= 0.6 is 0 Å². The van der Waals surface area contributed by atoms with E-state index in [0.29, 0.717) is 22.7 Å². The zero-order valence-electron chi connectivity index (χ0n) is 15.1. The summed E-state index contributed by atoms with van der Waals surface area (Å²) in [5, 5.41) is 19.7. The Kier molecular flexibility index (Phi) is 5.96. The van der Waals surface area contributed by atoms with Crippen LogP contribution in [0.2, 0.25) is 0 Å².